The highest BCUT2D eigenvalue weighted by molar-refractivity contribution is 6.31. The summed E-state index contributed by atoms with van der Waals surface area (Å²) in [5.74, 6) is 0.726. The number of nitrogens with zero attached hydrogens (tertiary/aromatic N) is 4. The predicted molar refractivity (Wildman–Crippen MR) is 113 cm³/mol. The van der Waals surface area contributed by atoms with Crippen LogP contribution in [0.5, 0.6) is 0 Å². The molecule has 2 atom stereocenters. The third-order valence-electron chi connectivity index (χ3n) is 5.58. The summed E-state index contributed by atoms with van der Waals surface area (Å²) in [6.45, 7) is 10.8. The maximum Gasteiger partial charge on any atom is 0.261 e. The van der Waals surface area contributed by atoms with Crippen molar-refractivity contribution < 1.29 is 4.39 Å². The zero-order valence-electron chi connectivity index (χ0n) is 17.2. The highest BCUT2D eigenvalue weighted by Gasteiger charge is 2.28. The van der Waals surface area contributed by atoms with E-state index in [0.29, 0.717) is 23.4 Å². The van der Waals surface area contributed by atoms with E-state index in [1.165, 1.54) is 12.1 Å². The molecular weight excluding hydrogens is 379 g/mol. The summed E-state index contributed by atoms with van der Waals surface area (Å²) < 4.78 is 15.8. The van der Waals surface area contributed by atoms with Gasteiger partial charge in [0.2, 0.25) is 0 Å². The van der Waals surface area contributed by atoms with Gasteiger partial charge in [-0.15, -0.1) is 0 Å². The quantitative estimate of drug-likeness (QED) is 0.751. The van der Waals surface area contributed by atoms with Crippen LogP contribution in [0.3, 0.4) is 0 Å². The van der Waals surface area contributed by atoms with Crippen LogP contribution < -0.4 is 5.56 Å². The topological polar surface area (TPSA) is 41.4 Å². The van der Waals surface area contributed by atoms with E-state index in [-0.39, 0.29) is 16.6 Å². The van der Waals surface area contributed by atoms with Crippen molar-refractivity contribution >= 4 is 22.5 Å². The van der Waals surface area contributed by atoms with Crippen molar-refractivity contribution in [2.24, 2.45) is 5.92 Å². The molecular formula is C21H30ClFN4O. The Morgan fingerprint density at radius 3 is 2.71 bits per heavy atom. The first-order chi connectivity index (χ1) is 13.3. The van der Waals surface area contributed by atoms with Gasteiger partial charge in [-0.25, -0.2) is 9.37 Å². The fourth-order valence-corrected chi connectivity index (χ4v) is 4.46. The number of hydrogen-bond donors (Lipinski definition) is 0. The molecule has 0 saturated carbocycles. The highest BCUT2D eigenvalue weighted by atomic mass is 35.5. The Hall–Kier alpha value is -1.50. The van der Waals surface area contributed by atoms with Gasteiger partial charge in [-0.05, 0) is 32.4 Å². The van der Waals surface area contributed by atoms with Gasteiger partial charge in [0.25, 0.3) is 5.56 Å². The van der Waals surface area contributed by atoms with Crippen LogP contribution in [0.25, 0.3) is 10.9 Å². The second-order valence-corrected chi connectivity index (χ2v) is 8.38. The standard InChI is InChI=1S/C21H30ClFN4O/c1-5-7-19(26-9-8-25(4)12-14(3)13-26)20-24-18-11-17(23)16(22)10-15(18)21(28)27(20)6-2/h10-11,14,19H,5-9,12-13H2,1-4H3/t14-,19-/m1/s1. The van der Waals surface area contributed by atoms with Crippen molar-refractivity contribution in [2.45, 2.75) is 46.2 Å². The Bertz CT molecular complexity index is 900. The Morgan fingerprint density at radius 1 is 1.29 bits per heavy atom. The zero-order chi connectivity index (χ0) is 20.4. The molecule has 1 fully saturated rings. The summed E-state index contributed by atoms with van der Waals surface area (Å²) in [5.41, 5.74) is 0.234. The molecule has 2 heterocycles. The Labute approximate surface area is 171 Å². The molecule has 154 valence electrons. The van der Waals surface area contributed by atoms with E-state index in [1.807, 2.05) is 6.92 Å². The minimum absolute atomic E-state index is 0.0368. The second-order valence-electron chi connectivity index (χ2n) is 7.97. The molecule has 28 heavy (non-hydrogen) atoms. The minimum atomic E-state index is -0.543. The van der Waals surface area contributed by atoms with Crippen molar-refractivity contribution in [3.8, 4) is 0 Å². The Balaban J connectivity index is 2.14. The van der Waals surface area contributed by atoms with Crippen LogP contribution in [-0.4, -0.2) is 52.6 Å². The molecule has 5 nitrogen and oxygen atoms in total. The first-order valence-corrected chi connectivity index (χ1v) is 10.6. The largest absolute Gasteiger partial charge is 0.305 e. The smallest absolute Gasteiger partial charge is 0.261 e. The minimum Gasteiger partial charge on any atom is -0.305 e. The number of hydrogen-bond acceptors (Lipinski definition) is 4. The van der Waals surface area contributed by atoms with Crippen LogP contribution in [0.15, 0.2) is 16.9 Å². The number of fused-ring (bicyclic) bond motifs is 1. The van der Waals surface area contributed by atoms with Crippen LogP contribution in [-0.2, 0) is 6.54 Å². The Kier molecular flexibility index (Phi) is 6.73. The first kappa shape index (κ1) is 21.2. The van der Waals surface area contributed by atoms with Gasteiger partial charge in [-0.3, -0.25) is 14.3 Å². The van der Waals surface area contributed by atoms with E-state index in [0.717, 1.165) is 44.8 Å². The summed E-state index contributed by atoms with van der Waals surface area (Å²) in [4.78, 5) is 22.7. The van der Waals surface area contributed by atoms with Crippen LogP contribution >= 0.6 is 11.6 Å². The normalized spacial score (nSPS) is 20.4. The van der Waals surface area contributed by atoms with Gasteiger partial charge < -0.3 is 4.90 Å². The van der Waals surface area contributed by atoms with E-state index < -0.39 is 5.82 Å². The van der Waals surface area contributed by atoms with Gasteiger partial charge in [0, 0.05) is 38.8 Å². The van der Waals surface area contributed by atoms with Gasteiger partial charge in [0.1, 0.15) is 11.6 Å². The first-order valence-electron chi connectivity index (χ1n) is 10.2. The second kappa shape index (κ2) is 8.89. The summed E-state index contributed by atoms with van der Waals surface area (Å²) >= 11 is 5.91. The molecule has 3 rings (SSSR count). The molecule has 0 spiro atoms. The van der Waals surface area contributed by atoms with Gasteiger partial charge in [-0.1, -0.05) is 31.9 Å². The Morgan fingerprint density at radius 2 is 2.04 bits per heavy atom. The van der Waals surface area contributed by atoms with Gasteiger partial charge in [0.15, 0.2) is 0 Å². The van der Waals surface area contributed by atoms with Gasteiger partial charge in [0.05, 0.1) is 22.0 Å². The SMILES string of the molecule is CCC[C@H](c1nc2cc(F)c(Cl)cc2c(=O)n1CC)N1CCN(C)C[C@@H](C)C1. The lowest BCUT2D eigenvalue weighted by Gasteiger charge is -2.32. The number of rotatable bonds is 5. The summed E-state index contributed by atoms with van der Waals surface area (Å²) in [6.07, 6.45) is 1.89. The molecule has 7 heteroatoms. The van der Waals surface area contributed by atoms with E-state index >= 15 is 0 Å². The molecule has 0 N–H and O–H groups in total. The molecule has 1 aromatic heterocycles. The molecule has 1 aromatic carbocycles. The molecule has 0 amide bonds. The maximum absolute atomic E-state index is 14.0. The fourth-order valence-electron chi connectivity index (χ4n) is 4.30. The van der Waals surface area contributed by atoms with E-state index in [1.54, 1.807) is 4.57 Å². The molecule has 0 aliphatic carbocycles. The van der Waals surface area contributed by atoms with Gasteiger partial charge >= 0.3 is 0 Å². The molecule has 1 aliphatic rings. The van der Waals surface area contributed by atoms with Crippen molar-refractivity contribution in [2.75, 3.05) is 33.2 Å². The zero-order valence-corrected chi connectivity index (χ0v) is 18.0. The third-order valence-corrected chi connectivity index (χ3v) is 5.87. The average molecular weight is 409 g/mol. The van der Waals surface area contributed by atoms with Gasteiger partial charge in [-0.2, -0.15) is 0 Å². The van der Waals surface area contributed by atoms with Crippen molar-refractivity contribution in [3.63, 3.8) is 0 Å². The van der Waals surface area contributed by atoms with E-state index in [4.69, 9.17) is 16.6 Å². The number of benzene rings is 1. The third kappa shape index (κ3) is 4.24. The van der Waals surface area contributed by atoms with Crippen LogP contribution in [0.4, 0.5) is 4.39 Å². The molecule has 1 aliphatic heterocycles. The molecule has 0 bridgehead atoms. The summed E-state index contributed by atoms with van der Waals surface area (Å²) in [6, 6.07) is 2.72. The average Bonchev–Trinajstić information content (AvgIpc) is 2.81. The fraction of sp³-hybridized carbons (Fsp3) is 0.619. The molecule has 0 unspecified atom stereocenters. The van der Waals surface area contributed by atoms with Crippen molar-refractivity contribution in [1.29, 1.82) is 0 Å². The number of likely N-dealkylation sites (N-methyl/N-ethyl adjacent to an activating group) is 1. The van der Waals surface area contributed by atoms with E-state index in [2.05, 4.69) is 30.7 Å². The van der Waals surface area contributed by atoms with Crippen molar-refractivity contribution in [3.05, 3.63) is 39.2 Å². The summed E-state index contributed by atoms with van der Waals surface area (Å²) in [7, 11) is 2.15. The summed E-state index contributed by atoms with van der Waals surface area (Å²) in [5, 5.41) is 0.326. The molecule has 1 saturated heterocycles. The lowest BCUT2D eigenvalue weighted by Crippen LogP contribution is -2.38. The molecule has 2 aromatic rings. The van der Waals surface area contributed by atoms with Crippen LogP contribution in [0.2, 0.25) is 5.02 Å². The lowest BCUT2D eigenvalue weighted by molar-refractivity contribution is 0.167. The number of aromatic nitrogens is 2. The monoisotopic (exact) mass is 408 g/mol. The van der Waals surface area contributed by atoms with E-state index in [9.17, 15) is 9.18 Å². The maximum atomic E-state index is 14.0. The van der Waals surface area contributed by atoms with Crippen LogP contribution in [0.1, 0.15) is 45.5 Å². The van der Waals surface area contributed by atoms with Crippen LogP contribution in [0, 0.1) is 11.7 Å². The lowest BCUT2D eigenvalue weighted by atomic mass is 10.1. The van der Waals surface area contributed by atoms with Crippen molar-refractivity contribution in [1.82, 2.24) is 19.4 Å². The predicted octanol–water partition coefficient (Wildman–Crippen LogP) is 3.93. The molecule has 0 radical (unpaired) electrons. The number of halogens is 2. The highest BCUT2D eigenvalue weighted by Crippen LogP contribution is 2.28.